The Morgan fingerprint density at radius 1 is 1.15 bits per heavy atom. The van der Waals surface area contributed by atoms with Gasteiger partial charge in [0.05, 0.1) is 36.3 Å². The molecule has 3 rings (SSSR count). The third-order valence-electron chi connectivity index (χ3n) is 3.69. The first kappa shape index (κ1) is 19.1. The van der Waals surface area contributed by atoms with E-state index in [1.54, 1.807) is 4.57 Å². The van der Waals surface area contributed by atoms with Gasteiger partial charge in [-0.2, -0.15) is 0 Å². The Bertz CT molecular complexity index is 906. The maximum absolute atomic E-state index is 11.1. The summed E-state index contributed by atoms with van der Waals surface area (Å²) in [6.45, 7) is 4.22. The van der Waals surface area contributed by atoms with Crippen molar-refractivity contribution in [1.82, 2.24) is 9.55 Å². The molecule has 0 bridgehead atoms. The second-order valence-electron chi connectivity index (χ2n) is 6.18. The predicted molar refractivity (Wildman–Crippen MR) is 103 cm³/mol. The van der Waals surface area contributed by atoms with Gasteiger partial charge >= 0.3 is 0 Å². The van der Waals surface area contributed by atoms with Crippen molar-refractivity contribution in [3.05, 3.63) is 48.5 Å². The quantitative estimate of drug-likeness (QED) is 0.416. The molecule has 3 aromatic rings. The Hall–Kier alpha value is -2.67. The largest absolute Gasteiger partial charge is 0.548 e. The fourth-order valence-corrected chi connectivity index (χ4v) is 3.46. The third kappa shape index (κ3) is 5.17. The zero-order chi connectivity index (χ0) is 19.2. The van der Waals surface area contributed by atoms with Crippen LogP contribution >= 0.6 is 11.8 Å². The predicted octanol–water partition coefficient (Wildman–Crippen LogP) is 2.74. The number of para-hydroxylation sites is 2. The van der Waals surface area contributed by atoms with E-state index in [1.807, 2.05) is 62.4 Å². The molecule has 7 heteroatoms. The van der Waals surface area contributed by atoms with Gasteiger partial charge in [0.1, 0.15) is 11.5 Å². The van der Waals surface area contributed by atoms with E-state index in [9.17, 15) is 9.90 Å². The molecule has 0 amide bonds. The van der Waals surface area contributed by atoms with Crippen LogP contribution in [0.25, 0.3) is 11.0 Å². The molecule has 142 valence electrons. The van der Waals surface area contributed by atoms with Crippen molar-refractivity contribution in [2.45, 2.75) is 31.7 Å². The molecule has 6 nitrogen and oxygen atoms in total. The number of carboxylic acids is 1. The Kier molecular flexibility index (Phi) is 6.24. The summed E-state index contributed by atoms with van der Waals surface area (Å²) >= 11 is 1.46. The minimum atomic E-state index is -1.14. The molecule has 27 heavy (non-hydrogen) atoms. The minimum absolute atomic E-state index is 0.133. The summed E-state index contributed by atoms with van der Waals surface area (Å²) in [4.78, 5) is 15.6. The van der Waals surface area contributed by atoms with Gasteiger partial charge in [-0.3, -0.25) is 0 Å². The highest BCUT2D eigenvalue weighted by molar-refractivity contribution is 7.99. The van der Waals surface area contributed by atoms with Crippen molar-refractivity contribution < 1.29 is 19.4 Å². The van der Waals surface area contributed by atoms with Gasteiger partial charge < -0.3 is 23.9 Å². The molecule has 0 N–H and O–H groups in total. The standard InChI is InChI=1S/C20H22N2O4S/c1-14(2)26-16-9-7-15(8-10-16)25-11-12-27-20-21-17-5-3-4-6-18(17)22(20)13-19(23)24/h3-10,14H,11-13H2,1-2H3,(H,23,24)/p-1. The smallest absolute Gasteiger partial charge is 0.169 e. The molecule has 0 aliphatic carbocycles. The number of benzene rings is 2. The number of carboxylic acid groups (broad SMARTS) is 1. The average molecular weight is 385 g/mol. The summed E-state index contributed by atoms with van der Waals surface area (Å²) in [6.07, 6.45) is 0.133. The first-order valence-corrected chi connectivity index (χ1v) is 9.69. The number of hydrogen-bond acceptors (Lipinski definition) is 6. The van der Waals surface area contributed by atoms with Crippen molar-refractivity contribution in [2.75, 3.05) is 12.4 Å². The molecular formula is C20H21N2O4S-. The molecule has 0 aliphatic rings. The van der Waals surface area contributed by atoms with Crippen LogP contribution in [-0.2, 0) is 11.3 Å². The normalized spacial score (nSPS) is 11.1. The number of aliphatic carboxylic acids is 1. The topological polar surface area (TPSA) is 76.4 Å². The van der Waals surface area contributed by atoms with E-state index < -0.39 is 5.97 Å². The summed E-state index contributed by atoms with van der Waals surface area (Å²) in [5, 5.41) is 11.7. The molecule has 0 spiro atoms. The Morgan fingerprint density at radius 2 is 1.85 bits per heavy atom. The Balaban J connectivity index is 1.58. The lowest BCUT2D eigenvalue weighted by atomic mass is 10.3. The van der Waals surface area contributed by atoms with Crippen LogP contribution in [0.2, 0.25) is 0 Å². The second-order valence-corrected chi connectivity index (χ2v) is 7.24. The van der Waals surface area contributed by atoms with Crippen LogP contribution in [0.1, 0.15) is 13.8 Å². The molecule has 0 unspecified atom stereocenters. The van der Waals surface area contributed by atoms with Gasteiger partial charge in [0.15, 0.2) is 5.16 Å². The van der Waals surface area contributed by atoms with Crippen molar-refractivity contribution in [3.8, 4) is 11.5 Å². The van der Waals surface area contributed by atoms with E-state index in [2.05, 4.69) is 4.98 Å². The number of ether oxygens (including phenoxy) is 2. The van der Waals surface area contributed by atoms with Gasteiger partial charge in [-0.25, -0.2) is 4.98 Å². The van der Waals surface area contributed by atoms with E-state index in [-0.39, 0.29) is 12.6 Å². The average Bonchev–Trinajstić information content (AvgIpc) is 2.97. The van der Waals surface area contributed by atoms with Crippen LogP contribution in [0, 0.1) is 0 Å². The summed E-state index contributed by atoms with van der Waals surface area (Å²) in [5.41, 5.74) is 1.55. The fourth-order valence-electron chi connectivity index (χ4n) is 2.62. The highest BCUT2D eigenvalue weighted by Gasteiger charge is 2.11. The maximum Gasteiger partial charge on any atom is 0.169 e. The van der Waals surface area contributed by atoms with Gasteiger partial charge in [-0.15, -0.1) is 0 Å². The molecule has 0 atom stereocenters. The molecule has 0 fully saturated rings. The number of carbonyl (C=O) groups excluding carboxylic acids is 1. The molecular weight excluding hydrogens is 364 g/mol. The Morgan fingerprint density at radius 3 is 2.56 bits per heavy atom. The zero-order valence-corrected chi connectivity index (χ0v) is 16.1. The van der Waals surface area contributed by atoms with Crippen molar-refractivity contribution in [1.29, 1.82) is 0 Å². The number of fused-ring (bicyclic) bond motifs is 1. The third-order valence-corrected chi connectivity index (χ3v) is 4.63. The summed E-state index contributed by atoms with van der Waals surface area (Å²) in [7, 11) is 0. The molecule has 0 saturated heterocycles. The van der Waals surface area contributed by atoms with Crippen LogP contribution in [0.5, 0.6) is 11.5 Å². The fraction of sp³-hybridized carbons (Fsp3) is 0.300. The monoisotopic (exact) mass is 385 g/mol. The van der Waals surface area contributed by atoms with Gasteiger partial charge in [-0.05, 0) is 50.2 Å². The SMILES string of the molecule is CC(C)Oc1ccc(OCCSc2nc3ccccc3n2CC(=O)[O-])cc1. The number of hydrogen-bond donors (Lipinski definition) is 0. The lowest BCUT2D eigenvalue weighted by Gasteiger charge is -2.11. The minimum Gasteiger partial charge on any atom is -0.548 e. The van der Waals surface area contributed by atoms with Crippen LogP contribution in [0.4, 0.5) is 0 Å². The molecule has 2 aromatic carbocycles. The summed E-state index contributed by atoms with van der Waals surface area (Å²) in [5.74, 6) is 1.07. The number of imidazole rings is 1. The highest BCUT2D eigenvalue weighted by Crippen LogP contribution is 2.24. The van der Waals surface area contributed by atoms with Gasteiger partial charge in [-0.1, -0.05) is 23.9 Å². The van der Waals surface area contributed by atoms with E-state index in [1.165, 1.54) is 11.8 Å². The molecule has 0 saturated carbocycles. The zero-order valence-electron chi connectivity index (χ0n) is 15.3. The Labute approximate surface area is 162 Å². The van der Waals surface area contributed by atoms with E-state index in [0.29, 0.717) is 17.5 Å². The van der Waals surface area contributed by atoms with Gasteiger partial charge in [0, 0.05) is 5.75 Å². The van der Waals surface area contributed by atoms with Crippen LogP contribution < -0.4 is 14.6 Å². The molecule has 1 aromatic heterocycles. The highest BCUT2D eigenvalue weighted by atomic mass is 32.2. The van der Waals surface area contributed by atoms with Gasteiger partial charge in [0.25, 0.3) is 0 Å². The van der Waals surface area contributed by atoms with Crippen molar-refractivity contribution in [2.24, 2.45) is 0 Å². The van der Waals surface area contributed by atoms with Gasteiger partial charge in [0.2, 0.25) is 0 Å². The number of carbonyl (C=O) groups is 1. The van der Waals surface area contributed by atoms with Crippen LogP contribution in [0.3, 0.4) is 0 Å². The van der Waals surface area contributed by atoms with Crippen LogP contribution in [0.15, 0.2) is 53.7 Å². The number of rotatable bonds is 9. The van der Waals surface area contributed by atoms with Crippen LogP contribution in [-0.4, -0.2) is 34.0 Å². The number of aromatic nitrogens is 2. The first-order valence-electron chi connectivity index (χ1n) is 8.70. The van der Waals surface area contributed by atoms with E-state index in [0.717, 1.165) is 22.5 Å². The maximum atomic E-state index is 11.1. The first-order chi connectivity index (χ1) is 13.0. The second kappa shape index (κ2) is 8.81. The lowest BCUT2D eigenvalue weighted by molar-refractivity contribution is -0.306. The molecule has 1 heterocycles. The number of nitrogens with zero attached hydrogens (tertiary/aromatic N) is 2. The van der Waals surface area contributed by atoms with Crippen molar-refractivity contribution >= 4 is 28.8 Å². The van der Waals surface area contributed by atoms with E-state index in [4.69, 9.17) is 9.47 Å². The summed E-state index contributed by atoms with van der Waals surface area (Å²) in [6, 6.07) is 14.9. The number of thioether (sulfide) groups is 1. The van der Waals surface area contributed by atoms with E-state index >= 15 is 0 Å². The molecule has 0 aliphatic heterocycles. The summed E-state index contributed by atoms with van der Waals surface area (Å²) < 4.78 is 13.0. The lowest BCUT2D eigenvalue weighted by Crippen LogP contribution is -2.27. The molecule has 0 radical (unpaired) electrons. The van der Waals surface area contributed by atoms with Crippen molar-refractivity contribution in [3.63, 3.8) is 0 Å².